The van der Waals surface area contributed by atoms with Gasteiger partial charge in [0, 0.05) is 18.0 Å². The fourth-order valence-corrected chi connectivity index (χ4v) is 1.77. The first kappa shape index (κ1) is 12.3. The van der Waals surface area contributed by atoms with Gasteiger partial charge in [-0.25, -0.2) is 0 Å². The van der Waals surface area contributed by atoms with Gasteiger partial charge in [-0.2, -0.15) is 0 Å². The van der Waals surface area contributed by atoms with Crippen LogP contribution >= 0.6 is 24.0 Å². The van der Waals surface area contributed by atoms with Gasteiger partial charge in [0.05, 0.1) is 0 Å². The molecule has 0 saturated heterocycles. The number of thioether (sulfide) groups is 1. The molecule has 2 N–H and O–H groups in total. The van der Waals surface area contributed by atoms with Gasteiger partial charge < -0.3 is 10.6 Å². The van der Waals surface area contributed by atoms with Gasteiger partial charge in [-0.3, -0.25) is 0 Å². The van der Waals surface area contributed by atoms with Gasteiger partial charge in [0.25, 0.3) is 0 Å². The normalized spacial score (nSPS) is 9.73. The zero-order valence-electron chi connectivity index (χ0n) is 9.04. The molecule has 0 bridgehead atoms. The Kier molecular flexibility index (Phi) is 5.50. The van der Waals surface area contributed by atoms with E-state index in [-0.39, 0.29) is 0 Å². The summed E-state index contributed by atoms with van der Waals surface area (Å²) in [6, 6.07) is 8.48. The molecule has 0 heterocycles. The Bertz CT molecular complexity index is 309. The largest absolute Gasteiger partial charge is 0.363 e. The fraction of sp³-hybridized carbons (Fsp3) is 0.364. The first-order chi connectivity index (χ1) is 7.26. The summed E-state index contributed by atoms with van der Waals surface area (Å²) in [6.45, 7) is 3.67. The number of rotatable bonds is 4. The van der Waals surface area contributed by atoms with Crippen LogP contribution in [-0.2, 0) is 6.54 Å². The summed E-state index contributed by atoms with van der Waals surface area (Å²) in [5.74, 6) is 0. The Labute approximate surface area is 101 Å². The summed E-state index contributed by atoms with van der Waals surface area (Å²) < 4.78 is 0. The van der Waals surface area contributed by atoms with Crippen LogP contribution in [0.1, 0.15) is 12.5 Å². The van der Waals surface area contributed by atoms with Crippen LogP contribution in [0.5, 0.6) is 0 Å². The maximum atomic E-state index is 5.07. The SMILES string of the molecule is CCNC(=S)NCc1ccc(SC)cc1. The molecular weight excluding hydrogens is 224 g/mol. The van der Waals surface area contributed by atoms with Crippen LogP contribution in [0.15, 0.2) is 29.2 Å². The molecule has 15 heavy (non-hydrogen) atoms. The molecule has 0 fully saturated rings. The molecule has 0 radical (unpaired) electrons. The molecule has 0 aliphatic carbocycles. The van der Waals surface area contributed by atoms with Crippen molar-refractivity contribution >= 4 is 29.1 Å². The smallest absolute Gasteiger partial charge is 0.166 e. The van der Waals surface area contributed by atoms with E-state index in [1.165, 1.54) is 10.5 Å². The summed E-state index contributed by atoms with van der Waals surface area (Å²) in [7, 11) is 0. The first-order valence-corrected chi connectivity index (χ1v) is 6.54. The van der Waals surface area contributed by atoms with Crippen LogP contribution in [0, 0.1) is 0 Å². The van der Waals surface area contributed by atoms with E-state index in [0.29, 0.717) is 5.11 Å². The van der Waals surface area contributed by atoms with Gasteiger partial charge in [-0.1, -0.05) is 12.1 Å². The minimum absolute atomic E-state index is 0.714. The molecule has 0 saturated carbocycles. The number of hydrogen-bond acceptors (Lipinski definition) is 2. The second-order valence-electron chi connectivity index (χ2n) is 3.06. The third-order valence-electron chi connectivity index (χ3n) is 1.95. The highest BCUT2D eigenvalue weighted by molar-refractivity contribution is 7.98. The molecule has 82 valence electrons. The minimum atomic E-state index is 0.714. The topological polar surface area (TPSA) is 24.1 Å². The lowest BCUT2D eigenvalue weighted by Crippen LogP contribution is -2.34. The number of thiocarbonyl (C=S) groups is 1. The van der Waals surface area contributed by atoms with Crippen molar-refractivity contribution in [2.24, 2.45) is 0 Å². The van der Waals surface area contributed by atoms with E-state index in [4.69, 9.17) is 12.2 Å². The van der Waals surface area contributed by atoms with Crippen LogP contribution in [0.4, 0.5) is 0 Å². The second-order valence-corrected chi connectivity index (χ2v) is 4.35. The Hall–Kier alpha value is -0.740. The maximum absolute atomic E-state index is 5.07. The van der Waals surface area contributed by atoms with Gasteiger partial charge in [-0.05, 0) is 43.1 Å². The Morgan fingerprint density at radius 1 is 1.27 bits per heavy atom. The molecule has 0 aliphatic heterocycles. The lowest BCUT2D eigenvalue weighted by Gasteiger charge is -2.08. The zero-order valence-corrected chi connectivity index (χ0v) is 10.7. The van der Waals surface area contributed by atoms with E-state index in [9.17, 15) is 0 Å². The molecular formula is C11H16N2S2. The summed E-state index contributed by atoms with van der Waals surface area (Å²) in [5, 5.41) is 6.92. The monoisotopic (exact) mass is 240 g/mol. The average molecular weight is 240 g/mol. The van der Waals surface area contributed by atoms with Crippen LogP contribution in [0.3, 0.4) is 0 Å². The van der Waals surface area contributed by atoms with Crippen LogP contribution < -0.4 is 10.6 Å². The number of benzene rings is 1. The third-order valence-corrected chi connectivity index (χ3v) is 2.98. The van der Waals surface area contributed by atoms with Crippen LogP contribution in [0.2, 0.25) is 0 Å². The van der Waals surface area contributed by atoms with Gasteiger partial charge in [-0.15, -0.1) is 11.8 Å². The second kappa shape index (κ2) is 6.69. The quantitative estimate of drug-likeness (QED) is 0.623. The van der Waals surface area contributed by atoms with Gasteiger partial charge in [0.1, 0.15) is 0 Å². The molecule has 0 unspecified atom stereocenters. The van der Waals surface area contributed by atoms with Crippen LogP contribution in [0.25, 0.3) is 0 Å². The molecule has 2 nitrogen and oxygen atoms in total. The van der Waals surface area contributed by atoms with E-state index in [2.05, 4.69) is 41.2 Å². The summed E-state index contributed by atoms with van der Waals surface area (Å²) in [6.07, 6.45) is 2.08. The summed E-state index contributed by atoms with van der Waals surface area (Å²) in [5.41, 5.74) is 1.24. The van der Waals surface area contributed by atoms with Crippen molar-refractivity contribution in [1.29, 1.82) is 0 Å². The highest BCUT2D eigenvalue weighted by atomic mass is 32.2. The zero-order chi connectivity index (χ0) is 11.1. The van der Waals surface area contributed by atoms with E-state index in [1.54, 1.807) is 11.8 Å². The van der Waals surface area contributed by atoms with Crippen molar-refractivity contribution in [3.05, 3.63) is 29.8 Å². The van der Waals surface area contributed by atoms with Gasteiger partial charge in [0.15, 0.2) is 5.11 Å². The fourth-order valence-electron chi connectivity index (χ4n) is 1.15. The van der Waals surface area contributed by atoms with Crippen molar-refractivity contribution in [3.63, 3.8) is 0 Å². The Morgan fingerprint density at radius 3 is 2.47 bits per heavy atom. The average Bonchev–Trinajstić information content (AvgIpc) is 2.27. The molecule has 1 aromatic carbocycles. The first-order valence-electron chi connectivity index (χ1n) is 4.91. The predicted octanol–water partition coefficient (Wildman–Crippen LogP) is 2.39. The maximum Gasteiger partial charge on any atom is 0.166 e. The lowest BCUT2D eigenvalue weighted by molar-refractivity contribution is 0.854. The van der Waals surface area contributed by atoms with Gasteiger partial charge in [0.2, 0.25) is 0 Å². The van der Waals surface area contributed by atoms with Crippen molar-refractivity contribution in [2.45, 2.75) is 18.4 Å². The van der Waals surface area contributed by atoms with E-state index < -0.39 is 0 Å². The molecule has 0 amide bonds. The minimum Gasteiger partial charge on any atom is -0.363 e. The molecule has 0 aliphatic rings. The standard InChI is InChI=1S/C11H16N2S2/c1-3-12-11(14)13-8-9-4-6-10(15-2)7-5-9/h4-7H,3,8H2,1-2H3,(H2,12,13,14). The number of hydrogen-bond donors (Lipinski definition) is 2. The Balaban J connectivity index is 2.40. The van der Waals surface area contributed by atoms with Crippen LogP contribution in [-0.4, -0.2) is 17.9 Å². The highest BCUT2D eigenvalue weighted by Crippen LogP contribution is 2.14. The Morgan fingerprint density at radius 2 is 1.93 bits per heavy atom. The summed E-state index contributed by atoms with van der Waals surface area (Å²) in [4.78, 5) is 1.29. The summed E-state index contributed by atoms with van der Waals surface area (Å²) >= 11 is 6.83. The molecule has 1 rings (SSSR count). The molecule has 0 spiro atoms. The third kappa shape index (κ3) is 4.53. The van der Waals surface area contributed by atoms with Crippen molar-refractivity contribution in [3.8, 4) is 0 Å². The van der Waals surface area contributed by atoms with Gasteiger partial charge >= 0.3 is 0 Å². The lowest BCUT2D eigenvalue weighted by atomic mass is 10.2. The molecule has 0 atom stereocenters. The predicted molar refractivity (Wildman–Crippen MR) is 71.3 cm³/mol. The van der Waals surface area contributed by atoms with Crippen molar-refractivity contribution in [1.82, 2.24) is 10.6 Å². The highest BCUT2D eigenvalue weighted by Gasteiger charge is 1.95. The molecule has 0 aromatic heterocycles. The molecule has 4 heteroatoms. The number of nitrogens with one attached hydrogen (secondary N) is 2. The van der Waals surface area contributed by atoms with E-state index >= 15 is 0 Å². The van der Waals surface area contributed by atoms with Crippen molar-refractivity contribution in [2.75, 3.05) is 12.8 Å². The van der Waals surface area contributed by atoms with Crippen molar-refractivity contribution < 1.29 is 0 Å². The van der Waals surface area contributed by atoms with E-state index in [1.807, 2.05) is 6.92 Å². The molecule has 1 aromatic rings. The van der Waals surface area contributed by atoms with E-state index in [0.717, 1.165) is 13.1 Å².